The van der Waals surface area contributed by atoms with Crippen molar-refractivity contribution < 1.29 is 4.74 Å². The summed E-state index contributed by atoms with van der Waals surface area (Å²) in [5.74, 6) is 0. The van der Waals surface area contributed by atoms with Gasteiger partial charge in [-0.3, -0.25) is 0 Å². The van der Waals surface area contributed by atoms with E-state index in [4.69, 9.17) is 22.2 Å². The van der Waals surface area contributed by atoms with Crippen LogP contribution < -0.4 is 10.6 Å². The molecule has 96 valence electrons. The maximum atomic E-state index is 8.78. The van der Waals surface area contributed by atoms with Gasteiger partial charge in [0.1, 0.15) is 0 Å². The van der Waals surface area contributed by atoms with Crippen molar-refractivity contribution in [3.8, 4) is 6.07 Å². The minimum Gasteiger partial charge on any atom is -0.382 e. The third-order valence-corrected chi connectivity index (χ3v) is 2.45. The summed E-state index contributed by atoms with van der Waals surface area (Å²) < 4.78 is 5.22. The van der Waals surface area contributed by atoms with Crippen molar-refractivity contribution in [2.45, 2.75) is 13.3 Å². The van der Waals surface area contributed by atoms with E-state index in [0.717, 1.165) is 31.9 Å². The highest BCUT2D eigenvalue weighted by Crippen LogP contribution is 2.09. The molecule has 0 saturated carbocycles. The zero-order valence-corrected chi connectivity index (χ0v) is 11.2. The van der Waals surface area contributed by atoms with Gasteiger partial charge in [0, 0.05) is 25.4 Å². The van der Waals surface area contributed by atoms with Gasteiger partial charge in [-0.1, -0.05) is 6.07 Å². The smallest absolute Gasteiger partial charge is 0.170 e. The van der Waals surface area contributed by atoms with Gasteiger partial charge in [-0.2, -0.15) is 5.26 Å². The largest absolute Gasteiger partial charge is 0.382 e. The van der Waals surface area contributed by atoms with Gasteiger partial charge in [-0.05, 0) is 43.8 Å². The van der Waals surface area contributed by atoms with Crippen LogP contribution in [0.3, 0.4) is 0 Å². The number of hydrogen-bond donors (Lipinski definition) is 2. The van der Waals surface area contributed by atoms with Crippen LogP contribution in [-0.4, -0.2) is 24.9 Å². The molecular weight excluding hydrogens is 246 g/mol. The van der Waals surface area contributed by atoms with Crippen molar-refractivity contribution in [3.05, 3.63) is 29.8 Å². The van der Waals surface area contributed by atoms with Crippen molar-refractivity contribution in [2.24, 2.45) is 0 Å². The van der Waals surface area contributed by atoms with E-state index in [-0.39, 0.29) is 0 Å². The van der Waals surface area contributed by atoms with Crippen LogP contribution in [0.5, 0.6) is 0 Å². The second-order valence-corrected chi connectivity index (χ2v) is 4.03. The number of benzene rings is 1. The van der Waals surface area contributed by atoms with E-state index in [1.54, 1.807) is 12.1 Å². The monoisotopic (exact) mass is 263 g/mol. The van der Waals surface area contributed by atoms with E-state index < -0.39 is 0 Å². The van der Waals surface area contributed by atoms with Gasteiger partial charge in [-0.15, -0.1) is 0 Å². The Morgan fingerprint density at radius 1 is 1.50 bits per heavy atom. The Kier molecular flexibility index (Phi) is 6.77. The molecule has 0 amide bonds. The summed E-state index contributed by atoms with van der Waals surface area (Å²) >= 11 is 5.15. The van der Waals surface area contributed by atoms with Gasteiger partial charge in [-0.25, -0.2) is 0 Å². The van der Waals surface area contributed by atoms with Gasteiger partial charge in [0.25, 0.3) is 0 Å². The maximum absolute atomic E-state index is 8.78. The molecule has 0 aliphatic carbocycles. The van der Waals surface area contributed by atoms with Gasteiger partial charge < -0.3 is 15.4 Å². The Morgan fingerprint density at radius 2 is 2.33 bits per heavy atom. The summed E-state index contributed by atoms with van der Waals surface area (Å²) in [5, 5.41) is 15.5. The molecule has 0 heterocycles. The Labute approximate surface area is 113 Å². The van der Waals surface area contributed by atoms with Crippen molar-refractivity contribution in [3.63, 3.8) is 0 Å². The fraction of sp³-hybridized carbons (Fsp3) is 0.385. The Balaban J connectivity index is 2.29. The molecule has 1 aromatic carbocycles. The first-order valence-electron chi connectivity index (χ1n) is 5.89. The van der Waals surface area contributed by atoms with Crippen LogP contribution >= 0.6 is 12.2 Å². The number of nitriles is 1. The third kappa shape index (κ3) is 5.62. The summed E-state index contributed by atoms with van der Waals surface area (Å²) in [7, 11) is 0. The highest BCUT2D eigenvalue weighted by molar-refractivity contribution is 7.80. The molecule has 1 aromatic rings. The topological polar surface area (TPSA) is 57.1 Å². The molecule has 0 fully saturated rings. The van der Waals surface area contributed by atoms with E-state index in [1.165, 1.54) is 0 Å². The van der Waals surface area contributed by atoms with Crippen LogP contribution in [0.25, 0.3) is 0 Å². The molecule has 0 bridgehead atoms. The molecule has 0 aromatic heterocycles. The highest BCUT2D eigenvalue weighted by Gasteiger charge is 1.98. The maximum Gasteiger partial charge on any atom is 0.170 e. The first-order chi connectivity index (χ1) is 8.76. The lowest BCUT2D eigenvalue weighted by atomic mass is 10.2. The van der Waals surface area contributed by atoms with Crippen molar-refractivity contribution in [1.82, 2.24) is 5.32 Å². The van der Waals surface area contributed by atoms with Gasteiger partial charge in [0.05, 0.1) is 11.6 Å². The third-order valence-electron chi connectivity index (χ3n) is 2.20. The first kappa shape index (κ1) is 14.4. The van der Waals surface area contributed by atoms with Crippen LogP contribution in [0.2, 0.25) is 0 Å². The van der Waals surface area contributed by atoms with Gasteiger partial charge >= 0.3 is 0 Å². The molecular formula is C13H17N3OS. The number of nitrogens with zero attached hydrogens (tertiary/aromatic N) is 1. The SMILES string of the molecule is CCOCCCNC(=S)Nc1cccc(C#N)c1. The number of rotatable bonds is 6. The standard InChI is InChI=1S/C13H17N3OS/c1-2-17-8-4-7-15-13(18)16-12-6-3-5-11(9-12)10-14/h3,5-6,9H,2,4,7-8H2,1H3,(H2,15,16,18). The summed E-state index contributed by atoms with van der Waals surface area (Å²) in [6.07, 6.45) is 0.911. The van der Waals surface area contributed by atoms with Crippen LogP contribution in [0.15, 0.2) is 24.3 Å². The van der Waals surface area contributed by atoms with Crippen LogP contribution in [0.1, 0.15) is 18.9 Å². The Morgan fingerprint density at radius 3 is 3.06 bits per heavy atom. The van der Waals surface area contributed by atoms with Crippen molar-refractivity contribution in [2.75, 3.05) is 25.1 Å². The molecule has 1 rings (SSSR count). The Hall–Kier alpha value is -1.64. The summed E-state index contributed by atoms with van der Waals surface area (Å²) in [4.78, 5) is 0. The molecule has 5 heteroatoms. The summed E-state index contributed by atoms with van der Waals surface area (Å²) in [5.41, 5.74) is 1.43. The average Bonchev–Trinajstić information content (AvgIpc) is 2.38. The lowest BCUT2D eigenvalue weighted by Crippen LogP contribution is -2.29. The average molecular weight is 263 g/mol. The number of anilines is 1. The summed E-state index contributed by atoms with van der Waals surface area (Å²) in [6.45, 7) is 4.21. The molecule has 0 aliphatic heterocycles. The quantitative estimate of drug-likeness (QED) is 0.609. The molecule has 18 heavy (non-hydrogen) atoms. The molecule has 4 nitrogen and oxygen atoms in total. The molecule has 0 radical (unpaired) electrons. The van der Waals surface area contributed by atoms with Crippen LogP contribution in [0.4, 0.5) is 5.69 Å². The number of ether oxygens (including phenoxy) is 1. The molecule has 0 aliphatic rings. The van der Waals surface area contributed by atoms with Gasteiger partial charge in [0.2, 0.25) is 0 Å². The fourth-order valence-corrected chi connectivity index (χ4v) is 1.58. The number of thiocarbonyl (C=S) groups is 1. The number of nitrogens with one attached hydrogen (secondary N) is 2. The minimum atomic E-state index is 0.557. The van der Waals surface area contributed by atoms with E-state index >= 15 is 0 Å². The normalized spacial score (nSPS) is 9.56. The van der Waals surface area contributed by atoms with Gasteiger partial charge in [0.15, 0.2) is 5.11 Å². The fourth-order valence-electron chi connectivity index (χ4n) is 1.36. The lowest BCUT2D eigenvalue weighted by molar-refractivity contribution is 0.146. The summed E-state index contributed by atoms with van der Waals surface area (Å²) in [6, 6.07) is 9.29. The molecule has 0 unspecified atom stereocenters. The lowest BCUT2D eigenvalue weighted by Gasteiger charge is -2.10. The van der Waals surface area contributed by atoms with Crippen LogP contribution in [-0.2, 0) is 4.74 Å². The predicted octanol–water partition coefficient (Wildman–Crippen LogP) is 2.27. The predicted molar refractivity (Wildman–Crippen MR) is 76.5 cm³/mol. The highest BCUT2D eigenvalue weighted by atomic mass is 32.1. The van der Waals surface area contributed by atoms with E-state index in [9.17, 15) is 0 Å². The van der Waals surface area contributed by atoms with Crippen molar-refractivity contribution in [1.29, 1.82) is 5.26 Å². The molecule has 0 atom stereocenters. The zero-order valence-electron chi connectivity index (χ0n) is 10.4. The molecule has 2 N–H and O–H groups in total. The minimum absolute atomic E-state index is 0.557. The molecule has 0 spiro atoms. The number of hydrogen-bond acceptors (Lipinski definition) is 3. The van der Waals surface area contributed by atoms with E-state index in [0.29, 0.717) is 10.7 Å². The zero-order chi connectivity index (χ0) is 13.2. The van der Waals surface area contributed by atoms with Crippen LogP contribution in [0, 0.1) is 11.3 Å². The second kappa shape index (κ2) is 8.45. The first-order valence-corrected chi connectivity index (χ1v) is 6.30. The van der Waals surface area contributed by atoms with E-state index in [1.807, 2.05) is 19.1 Å². The van der Waals surface area contributed by atoms with E-state index in [2.05, 4.69) is 16.7 Å². The molecule has 0 saturated heterocycles. The van der Waals surface area contributed by atoms with Crippen molar-refractivity contribution >= 4 is 23.0 Å². The Bertz CT molecular complexity index is 428. The second-order valence-electron chi connectivity index (χ2n) is 3.62.